The molecular weight excluding hydrogens is 482 g/mol. The fraction of sp³-hybridized carbons (Fsp3) is 0.0741. The van der Waals surface area contributed by atoms with Gasteiger partial charge in [0.15, 0.2) is 5.17 Å². The molecule has 1 aliphatic heterocycles. The molecule has 2 heterocycles. The molecule has 3 aromatic carbocycles. The summed E-state index contributed by atoms with van der Waals surface area (Å²) in [7, 11) is 1.68. The number of aromatic carboxylic acids is 1. The number of carboxylic acids is 1. The first kappa shape index (κ1) is 23.0. The van der Waals surface area contributed by atoms with Crippen LogP contribution in [0.1, 0.15) is 21.5 Å². The first-order valence-electron chi connectivity index (χ1n) is 10.8. The van der Waals surface area contributed by atoms with E-state index >= 15 is 0 Å². The van der Waals surface area contributed by atoms with Gasteiger partial charge in [0.25, 0.3) is 5.91 Å². The highest BCUT2D eigenvalue weighted by Crippen LogP contribution is 2.35. The Balaban J connectivity index is 1.46. The minimum absolute atomic E-state index is 0.134. The lowest BCUT2D eigenvalue weighted by Gasteiger charge is -2.07. The van der Waals surface area contributed by atoms with E-state index < -0.39 is 5.97 Å². The maximum Gasteiger partial charge on any atom is 0.335 e. The fourth-order valence-electron chi connectivity index (χ4n) is 3.89. The van der Waals surface area contributed by atoms with Gasteiger partial charge in [-0.2, -0.15) is 0 Å². The molecule has 0 unspecified atom stereocenters. The van der Waals surface area contributed by atoms with E-state index in [0.29, 0.717) is 27.3 Å². The second kappa shape index (κ2) is 9.44. The number of hydrogen-bond acceptors (Lipinski definition) is 4. The van der Waals surface area contributed by atoms with Gasteiger partial charge in [-0.3, -0.25) is 9.69 Å². The zero-order chi connectivity index (χ0) is 24.5. The number of fused-ring (bicyclic) bond motifs is 1. The van der Waals surface area contributed by atoms with E-state index in [1.54, 1.807) is 19.2 Å². The Morgan fingerprint density at radius 2 is 1.77 bits per heavy atom. The van der Waals surface area contributed by atoms with Crippen LogP contribution in [-0.2, 0) is 11.3 Å². The third-order valence-electron chi connectivity index (χ3n) is 5.71. The molecular formula is C27H20ClN3O3S. The summed E-state index contributed by atoms with van der Waals surface area (Å²) >= 11 is 7.33. The molecule has 1 fully saturated rings. The summed E-state index contributed by atoms with van der Waals surface area (Å²) in [6.45, 7) is 0.681. The number of rotatable bonds is 5. The Morgan fingerprint density at radius 3 is 2.49 bits per heavy atom. The summed E-state index contributed by atoms with van der Waals surface area (Å²) in [6.07, 6.45) is 3.96. The number of thioether (sulfide) groups is 1. The van der Waals surface area contributed by atoms with Gasteiger partial charge in [0, 0.05) is 41.3 Å². The molecule has 0 spiro atoms. The summed E-state index contributed by atoms with van der Waals surface area (Å²) in [5, 5.41) is 11.4. The van der Waals surface area contributed by atoms with Gasteiger partial charge < -0.3 is 9.67 Å². The summed E-state index contributed by atoms with van der Waals surface area (Å²) < 4.78 is 2.16. The van der Waals surface area contributed by atoms with Crippen LogP contribution in [0, 0.1) is 0 Å². The van der Waals surface area contributed by atoms with Crippen molar-refractivity contribution in [3.63, 3.8) is 0 Å². The van der Waals surface area contributed by atoms with Crippen LogP contribution in [0.5, 0.6) is 0 Å². The number of amidine groups is 1. The van der Waals surface area contributed by atoms with Gasteiger partial charge in [-0.05, 0) is 65.9 Å². The standard InChI is InChI=1S/C27H20ClN3O3S/c1-30-25(32)24(35-27(30)29-21-12-8-18(9-13-21)26(33)34)14-19-16-31(23-5-3-2-4-22(19)23)15-17-6-10-20(28)11-7-17/h2-14,16H,15H2,1H3,(H,33,34)/b24-14-,29-27?. The highest BCUT2D eigenvalue weighted by molar-refractivity contribution is 8.18. The molecule has 4 aromatic rings. The SMILES string of the molecule is CN1C(=O)/C(=C/c2cn(Cc3ccc(Cl)cc3)c3ccccc23)SC1=Nc1ccc(C(=O)O)cc1. The quantitative estimate of drug-likeness (QED) is 0.327. The van der Waals surface area contributed by atoms with Gasteiger partial charge in [-0.25, -0.2) is 9.79 Å². The molecule has 174 valence electrons. The molecule has 8 heteroatoms. The van der Waals surface area contributed by atoms with Gasteiger partial charge in [-0.1, -0.05) is 41.9 Å². The van der Waals surface area contributed by atoms with Crippen LogP contribution < -0.4 is 0 Å². The van der Waals surface area contributed by atoms with Crippen molar-refractivity contribution in [2.45, 2.75) is 6.54 Å². The molecule has 6 nitrogen and oxygen atoms in total. The topological polar surface area (TPSA) is 74.9 Å². The summed E-state index contributed by atoms with van der Waals surface area (Å²) in [4.78, 5) is 30.7. The van der Waals surface area contributed by atoms with Gasteiger partial charge in [0.05, 0.1) is 16.2 Å². The number of benzene rings is 3. The minimum Gasteiger partial charge on any atom is -0.478 e. The molecule has 1 aromatic heterocycles. The number of nitrogens with zero attached hydrogens (tertiary/aromatic N) is 3. The molecule has 0 bridgehead atoms. The molecule has 0 aliphatic carbocycles. The van der Waals surface area contributed by atoms with Crippen molar-refractivity contribution < 1.29 is 14.7 Å². The molecule has 0 atom stereocenters. The molecule has 5 rings (SSSR count). The number of para-hydroxylation sites is 1. The van der Waals surface area contributed by atoms with Crippen molar-refractivity contribution >= 4 is 63.1 Å². The molecule has 1 aliphatic rings. The number of hydrogen-bond donors (Lipinski definition) is 1. The van der Waals surface area contributed by atoms with Crippen molar-refractivity contribution in [1.82, 2.24) is 9.47 Å². The number of amides is 1. The van der Waals surface area contributed by atoms with E-state index in [1.807, 2.05) is 48.5 Å². The third kappa shape index (κ3) is 4.73. The predicted octanol–water partition coefficient (Wildman–Crippen LogP) is 6.28. The normalized spacial score (nSPS) is 16.1. The Morgan fingerprint density at radius 1 is 1.06 bits per heavy atom. The summed E-state index contributed by atoms with van der Waals surface area (Å²) in [6, 6.07) is 22.1. The largest absolute Gasteiger partial charge is 0.478 e. The van der Waals surface area contributed by atoms with Crippen molar-refractivity contribution in [2.75, 3.05) is 7.05 Å². The maximum absolute atomic E-state index is 13.0. The Bertz CT molecular complexity index is 1510. The second-order valence-corrected chi connectivity index (χ2v) is 9.52. The first-order chi connectivity index (χ1) is 16.9. The zero-order valence-electron chi connectivity index (χ0n) is 18.7. The Hall–Kier alpha value is -3.81. The lowest BCUT2D eigenvalue weighted by molar-refractivity contribution is -0.121. The molecule has 35 heavy (non-hydrogen) atoms. The molecule has 1 N–H and O–H groups in total. The van der Waals surface area contributed by atoms with E-state index in [9.17, 15) is 9.59 Å². The minimum atomic E-state index is -0.993. The van der Waals surface area contributed by atoms with Crippen LogP contribution in [0.3, 0.4) is 0 Å². The number of carbonyl (C=O) groups excluding carboxylic acids is 1. The van der Waals surface area contributed by atoms with Crippen molar-refractivity contribution in [2.24, 2.45) is 4.99 Å². The van der Waals surface area contributed by atoms with Gasteiger partial charge in [-0.15, -0.1) is 0 Å². The number of aliphatic imine (C=N–C) groups is 1. The Labute approximate surface area is 211 Å². The number of carboxylic acid groups (broad SMARTS) is 1. The van der Waals surface area contributed by atoms with E-state index in [1.165, 1.54) is 28.8 Å². The highest BCUT2D eigenvalue weighted by atomic mass is 35.5. The Kier molecular flexibility index (Phi) is 6.19. The number of halogens is 1. The van der Waals surface area contributed by atoms with Crippen LogP contribution in [0.4, 0.5) is 5.69 Å². The smallest absolute Gasteiger partial charge is 0.335 e. The van der Waals surface area contributed by atoms with Crippen molar-refractivity contribution in [3.8, 4) is 0 Å². The van der Waals surface area contributed by atoms with Crippen LogP contribution in [0.15, 0.2) is 88.9 Å². The lowest BCUT2D eigenvalue weighted by atomic mass is 10.1. The molecule has 0 saturated carbocycles. The van der Waals surface area contributed by atoms with E-state index in [-0.39, 0.29) is 11.5 Å². The van der Waals surface area contributed by atoms with Gasteiger partial charge in [0.2, 0.25) is 0 Å². The first-order valence-corrected chi connectivity index (χ1v) is 12.0. The summed E-state index contributed by atoms with van der Waals surface area (Å²) in [5.74, 6) is -1.13. The fourth-order valence-corrected chi connectivity index (χ4v) is 4.99. The highest BCUT2D eigenvalue weighted by Gasteiger charge is 2.30. The van der Waals surface area contributed by atoms with E-state index in [4.69, 9.17) is 16.7 Å². The lowest BCUT2D eigenvalue weighted by Crippen LogP contribution is -2.23. The summed E-state index contributed by atoms with van der Waals surface area (Å²) in [5.41, 5.74) is 3.92. The van der Waals surface area contributed by atoms with Crippen molar-refractivity contribution in [3.05, 3.63) is 106 Å². The molecule has 1 saturated heterocycles. The molecule has 0 radical (unpaired) electrons. The van der Waals surface area contributed by atoms with Gasteiger partial charge >= 0.3 is 5.97 Å². The number of aromatic nitrogens is 1. The number of carbonyl (C=O) groups is 2. The average Bonchev–Trinajstić information content (AvgIpc) is 3.33. The van der Waals surface area contributed by atoms with Crippen LogP contribution >= 0.6 is 23.4 Å². The van der Waals surface area contributed by atoms with E-state index in [0.717, 1.165) is 22.0 Å². The van der Waals surface area contributed by atoms with Crippen LogP contribution in [0.2, 0.25) is 5.02 Å². The van der Waals surface area contributed by atoms with Gasteiger partial charge in [0.1, 0.15) is 0 Å². The maximum atomic E-state index is 13.0. The number of likely N-dealkylation sites (N-methyl/N-ethyl adjacent to an activating group) is 1. The van der Waals surface area contributed by atoms with E-state index in [2.05, 4.69) is 21.8 Å². The third-order valence-corrected chi connectivity index (χ3v) is 7.03. The van der Waals surface area contributed by atoms with Crippen LogP contribution in [-0.4, -0.2) is 38.7 Å². The average molecular weight is 502 g/mol. The molecule has 1 amide bonds. The van der Waals surface area contributed by atoms with Crippen molar-refractivity contribution in [1.29, 1.82) is 0 Å². The zero-order valence-corrected chi connectivity index (χ0v) is 20.3. The predicted molar refractivity (Wildman–Crippen MR) is 141 cm³/mol. The van der Waals surface area contributed by atoms with Crippen LogP contribution in [0.25, 0.3) is 17.0 Å². The second-order valence-electron chi connectivity index (χ2n) is 8.08. The monoisotopic (exact) mass is 501 g/mol.